The first kappa shape index (κ1) is 12.4. The monoisotopic (exact) mass is 299 g/mol. The fourth-order valence-corrected chi connectivity index (χ4v) is 2.28. The van der Waals surface area contributed by atoms with Crippen LogP contribution in [0.5, 0.6) is 0 Å². The normalized spacial score (nSPS) is 16.9. The molecule has 3 N–H and O–H groups in total. The van der Waals surface area contributed by atoms with Gasteiger partial charge in [-0.15, -0.1) is 0 Å². The molecule has 0 unspecified atom stereocenters. The molecule has 0 radical (unpaired) electrons. The maximum atomic E-state index is 5.79. The van der Waals surface area contributed by atoms with Crippen molar-refractivity contribution in [3.05, 3.63) is 16.4 Å². The summed E-state index contributed by atoms with van der Waals surface area (Å²) in [6, 6.07) is 0. The highest BCUT2D eigenvalue weighted by molar-refractivity contribution is 9.10. The molecule has 6 heteroatoms. The van der Waals surface area contributed by atoms with Crippen LogP contribution in [-0.2, 0) is 13.6 Å². The molecule has 1 fully saturated rings. The average Bonchev–Trinajstić information content (AvgIpc) is 2.52. The number of aliphatic imine (C=N–C) groups is 1. The highest BCUT2D eigenvalue weighted by Gasteiger charge is 2.16. The minimum atomic E-state index is 0.505. The number of hydrogen-bond acceptors (Lipinski definition) is 2. The third-order valence-corrected chi connectivity index (χ3v) is 3.71. The van der Waals surface area contributed by atoms with Gasteiger partial charge in [-0.1, -0.05) is 6.42 Å². The van der Waals surface area contributed by atoms with Gasteiger partial charge in [-0.25, -0.2) is 4.99 Å². The SMILES string of the molecule is Cn1cc(Br)c(CN=C(N)NCC2CCC2)n1. The van der Waals surface area contributed by atoms with E-state index in [2.05, 4.69) is 31.3 Å². The highest BCUT2D eigenvalue weighted by Crippen LogP contribution is 2.25. The maximum Gasteiger partial charge on any atom is 0.188 e. The van der Waals surface area contributed by atoms with E-state index < -0.39 is 0 Å². The molecule has 0 aromatic carbocycles. The molecule has 0 spiro atoms. The van der Waals surface area contributed by atoms with Gasteiger partial charge in [0.2, 0.25) is 0 Å². The molecular formula is C11H18BrN5. The largest absolute Gasteiger partial charge is 0.370 e. The summed E-state index contributed by atoms with van der Waals surface area (Å²) in [5.41, 5.74) is 6.70. The standard InChI is InChI=1S/C11H18BrN5/c1-17-7-9(12)10(16-17)6-15-11(13)14-5-8-3-2-4-8/h7-8H,2-6H2,1H3,(H3,13,14,15). The van der Waals surface area contributed by atoms with Gasteiger partial charge < -0.3 is 11.1 Å². The number of aromatic nitrogens is 2. The summed E-state index contributed by atoms with van der Waals surface area (Å²) in [5, 5.41) is 7.44. The third-order valence-electron chi connectivity index (χ3n) is 3.05. The minimum absolute atomic E-state index is 0.505. The molecule has 0 aliphatic heterocycles. The van der Waals surface area contributed by atoms with Gasteiger partial charge in [0, 0.05) is 19.8 Å². The topological polar surface area (TPSA) is 68.2 Å². The predicted octanol–water partition coefficient (Wildman–Crippen LogP) is 1.39. The van der Waals surface area contributed by atoms with Crippen molar-refractivity contribution in [2.24, 2.45) is 23.7 Å². The number of hydrogen-bond donors (Lipinski definition) is 2. The number of guanidine groups is 1. The van der Waals surface area contributed by atoms with Gasteiger partial charge in [0.15, 0.2) is 5.96 Å². The predicted molar refractivity (Wildman–Crippen MR) is 71.6 cm³/mol. The fourth-order valence-electron chi connectivity index (χ4n) is 1.77. The van der Waals surface area contributed by atoms with Crippen molar-refractivity contribution in [2.75, 3.05) is 6.54 Å². The number of nitrogens with two attached hydrogens (primary N) is 1. The molecule has 94 valence electrons. The van der Waals surface area contributed by atoms with Gasteiger partial charge in [0.05, 0.1) is 16.7 Å². The second kappa shape index (κ2) is 5.53. The van der Waals surface area contributed by atoms with Crippen LogP contribution in [0.1, 0.15) is 25.0 Å². The number of nitrogens with zero attached hydrogens (tertiary/aromatic N) is 3. The smallest absolute Gasteiger partial charge is 0.188 e. The Kier molecular flexibility index (Phi) is 4.04. The molecule has 1 saturated carbocycles. The summed E-state index contributed by atoms with van der Waals surface area (Å²) in [6.45, 7) is 1.45. The molecule has 2 rings (SSSR count). The first-order valence-corrected chi connectivity index (χ1v) is 6.66. The summed E-state index contributed by atoms with van der Waals surface area (Å²) in [7, 11) is 1.89. The van der Waals surface area contributed by atoms with Crippen molar-refractivity contribution >= 4 is 21.9 Å². The van der Waals surface area contributed by atoms with Crippen molar-refractivity contribution in [3.8, 4) is 0 Å². The van der Waals surface area contributed by atoms with Gasteiger partial charge in [0.25, 0.3) is 0 Å². The first-order valence-electron chi connectivity index (χ1n) is 5.87. The van der Waals surface area contributed by atoms with E-state index in [9.17, 15) is 0 Å². The Balaban J connectivity index is 1.80. The molecular weight excluding hydrogens is 282 g/mol. The van der Waals surface area contributed by atoms with E-state index in [0.717, 1.165) is 22.6 Å². The van der Waals surface area contributed by atoms with Gasteiger partial charge in [-0.2, -0.15) is 5.10 Å². The summed E-state index contributed by atoms with van der Waals surface area (Å²) in [5.74, 6) is 1.29. The Labute approximate surface area is 110 Å². The van der Waals surface area contributed by atoms with Gasteiger partial charge in [0.1, 0.15) is 0 Å². The average molecular weight is 300 g/mol. The lowest BCUT2D eigenvalue weighted by molar-refractivity contribution is 0.315. The zero-order valence-corrected chi connectivity index (χ0v) is 11.6. The van der Waals surface area contributed by atoms with E-state index in [4.69, 9.17) is 5.73 Å². The molecule has 17 heavy (non-hydrogen) atoms. The Hall–Kier alpha value is -1.04. The van der Waals surface area contributed by atoms with Crippen LogP contribution < -0.4 is 11.1 Å². The molecule has 0 saturated heterocycles. The molecule has 1 aromatic heterocycles. The number of aryl methyl sites for hydroxylation is 1. The minimum Gasteiger partial charge on any atom is -0.370 e. The van der Waals surface area contributed by atoms with Gasteiger partial charge >= 0.3 is 0 Å². The lowest BCUT2D eigenvalue weighted by Crippen LogP contribution is -2.37. The van der Waals surface area contributed by atoms with Crippen molar-refractivity contribution in [1.29, 1.82) is 0 Å². The summed E-state index contributed by atoms with van der Waals surface area (Å²) in [6.07, 6.45) is 5.88. The maximum absolute atomic E-state index is 5.79. The van der Waals surface area contributed by atoms with Crippen LogP contribution in [0.4, 0.5) is 0 Å². The van der Waals surface area contributed by atoms with Crippen LogP contribution in [0.15, 0.2) is 15.7 Å². The van der Waals surface area contributed by atoms with Crippen molar-refractivity contribution in [3.63, 3.8) is 0 Å². The van der Waals surface area contributed by atoms with Crippen molar-refractivity contribution < 1.29 is 0 Å². The number of halogens is 1. The number of rotatable bonds is 4. The van der Waals surface area contributed by atoms with Crippen LogP contribution >= 0.6 is 15.9 Å². The Morgan fingerprint density at radius 1 is 1.71 bits per heavy atom. The van der Waals surface area contributed by atoms with Gasteiger partial charge in [-0.05, 0) is 34.7 Å². The zero-order chi connectivity index (χ0) is 12.3. The van der Waals surface area contributed by atoms with E-state index in [-0.39, 0.29) is 0 Å². The van der Waals surface area contributed by atoms with E-state index in [1.54, 1.807) is 4.68 Å². The molecule has 1 aliphatic carbocycles. The Bertz CT molecular complexity index is 408. The molecule has 1 aliphatic rings. The number of nitrogens with one attached hydrogen (secondary N) is 1. The molecule has 1 aromatic rings. The zero-order valence-electron chi connectivity index (χ0n) is 9.99. The summed E-state index contributed by atoms with van der Waals surface area (Å²) >= 11 is 3.44. The van der Waals surface area contributed by atoms with Gasteiger partial charge in [-0.3, -0.25) is 4.68 Å². The molecule has 0 atom stereocenters. The Morgan fingerprint density at radius 3 is 3.00 bits per heavy atom. The second-order valence-electron chi connectivity index (χ2n) is 4.48. The molecule has 0 amide bonds. The van der Waals surface area contributed by atoms with Crippen molar-refractivity contribution in [2.45, 2.75) is 25.8 Å². The first-order chi connectivity index (χ1) is 8.15. The van der Waals surface area contributed by atoms with E-state index in [1.807, 2.05) is 13.2 Å². The Morgan fingerprint density at radius 2 is 2.47 bits per heavy atom. The van der Waals surface area contributed by atoms with Crippen LogP contribution in [-0.4, -0.2) is 22.3 Å². The lowest BCUT2D eigenvalue weighted by Gasteiger charge is -2.25. The molecule has 1 heterocycles. The lowest BCUT2D eigenvalue weighted by atomic mass is 9.85. The van der Waals surface area contributed by atoms with Crippen LogP contribution in [0.2, 0.25) is 0 Å². The highest BCUT2D eigenvalue weighted by atomic mass is 79.9. The van der Waals surface area contributed by atoms with E-state index in [0.29, 0.717) is 12.5 Å². The molecule has 5 nitrogen and oxygen atoms in total. The summed E-state index contributed by atoms with van der Waals surface area (Å²) < 4.78 is 2.72. The van der Waals surface area contributed by atoms with Crippen LogP contribution in [0.25, 0.3) is 0 Å². The third kappa shape index (κ3) is 3.46. The van der Waals surface area contributed by atoms with Crippen LogP contribution in [0, 0.1) is 5.92 Å². The fraction of sp³-hybridized carbons (Fsp3) is 0.636. The molecule has 0 bridgehead atoms. The van der Waals surface area contributed by atoms with Crippen molar-refractivity contribution in [1.82, 2.24) is 15.1 Å². The second-order valence-corrected chi connectivity index (χ2v) is 5.33. The van der Waals surface area contributed by atoms with E-state index in [1.165, 1.54) is 19.3 Å². The summed E-state index contributed by atoms with van der Waals surface area (Å²) in [4.78, 5) is 4.28. The quantitative estimate of drug-likeness (QED) is 0.652. The van der Waals surface area contributed by atoms with E-state index >= 15 is 0 Å². The van der Waals surface area contributed by atoms with Crippen LogP contribution in [0.3, 0.4) is 0 Å².